The fraction of sp³-hybridized carbons (Fsp3) is 0.263. The predicted octanol–water partition coefficient (Wildman–Crippen LogP) is 3.64. The van der Waals surface area contributed by atoms with Crippen LogP contribution in [0.4, 0.5) is 0 Å². The Bertz CT molecular complexity index is 683. The Morgan fingerprint density at radius 3 is 2.62 bits per heavy atom. The second-order valence-corrected chi connectivity index (χ2v) is 4.87. The number of pyridine rings is 1. The number of hydrogen-bond acceptors (Lipinski definition) is 5. The van der Waals surface area contributed by atoms with E-state index in [2.05, 4.69) is 4.98 Å². The summed E-state index contributed by atoms with van der Waals surface area (Å²) in [6, 6.07) is 9.17. The maximum Gasteiger partial charge on any atom is 0.331 e. The summed E-state index contributed by atoms with van der Waals surface area (Å²) in [6.07, 6.45) is 6.41. The first-order chi connectivity index (χ1) is 11.7. The van der Waals surface area contributed by atoms with E-state index < -0.39 is 5.97 Å². The molecule has 1 heterocycles. The topological polar surface area (TPSA) is 57.7 Å². The molecule has 0 saturated heterocycles. The van der Waals surface area contributed by atoms with Crippen molar-refractivity contribution < 1.29 is 19.0 Å². The van der Waals surface area contributed by atoms with Crippen molar-refractivity contribution in [1.82, 2.24) is 4.98 Å². The third-order valence-electron chi connectivity index (χ3n) is 3.08. The van der Waals surface area contributed by atoms with Gasteiger partial charge in [0.05, 0.1) is 13.2 Å². The van der Waals surface area contributed by atoms with Crippen LogP contribution in [0.2, 0.25) is 0 Å². The maximum absolute atomic E-state index is 11.8. The second-order valence-electron chi connectivity index (χ2n) is 4.87. The normalized spacial score (nSPS) is 10.6. The summed E-state index contributed by atoms with van der Waals surface area (Å²) >= 11 is 0. The first-order valence-electron chi connectivity index (χ1n) is 7.86. The average molecular weight is 327 g/mol. The molecule has 0 bridgehead atoms. The molecule has 0 unspecified atom stereocenters. The Kier molecular flexibility index (Phi) is 6.83. The van der Waals surface area contributed by atoms with Crippen LogP contribution in [0.15, 0.2) is 48.8 Å². The highest BCUT2D eigenvalue weighted by Crippen LogP contribution is 2.29. The number of benzene rings is 1. The monoisotopic (exact) mass is 327 g/mol. The van der Waals surface area contributed by atoms with E-state index in [4.69, 9.17) is 14.2 Å². The van der Waals surface area contributed by atoms with Crippen molar-refractivity contribution in [2.24, 2.45) is 0 Å². The lowest BCUT2D eigenvalue weighted by Gasteiger charge is -2.11. The first-order valence-corrected chi connectivity index (χ1v) is 7.86. The number of aromatic nitrogens is 1. The number of esters is 1. The average Bonchev–Trinajstić information content (AvgIpc) is 2.61. The van der Waals surface area contributed by atoms with Gasteiger partial charge in [-0.25, -0.2) is 4.79 Å². The van der Waals surface area contributed by atoms with Crippen LogP contribution in [0.5, 0.6) is 11.5 Å². The minimum atomic E-state index is -0.411. The molecule has 1 aromatic carbocycles. The number of ether oxygens (including phenoxy) is 3. The molecule has 0 amide bonds. The van der Waals surface area contributed by atoms with Crippen LogP contribution in [-0.2, 0) is 16.1 Å². The van der Waals surface area contributed by atoms with Gasteiger partial charge in [-0.1, -0.05) is 12.1 Å². The summed E-state index contributed by atoms with van der Waals surface area (Å²) in [7, 11) is 0. The highest BCUT2D eigenvalue weighted by atomic mass is 16.5. The lowest BCUT2D eigenvalue weighted by molar-refractivity contribution is -0.138. The molecule has 5 heteroatoms. The third-order valence-corrected chi connectivity index (χ3v) is 3.08. The number of carbonyl (C=O) groups is 1. The van der Waals surface area contributed by atoms with Crippen molar-refractivity contribution in [2.75, 3.05) is 13.2 Å². The van der Waals surface area contributed by atoms with Gasteiger partial charge in [-0.15, -0.1) is 0 Å². The molecular weight excluding hydrogens is 306 g/mol. The molecule has 24 heavy (non-hydrogen) atoms. The lowest BCUT2D eigenvalue weighted by atomic mass is 10.2. The van der Waals surface area contributed by atoms with Crippen molar-refractivity contribution in [3.8, 4) is 11.5 Å². The molecule has 2 aromatic rings. The van der Waals surface area contributed by atoms with E-state index >= 15 is 0 Å². The zero-order valence-electron chi connectivity index (χ0n) is 13.9. The van der Waals surface area contributed by atoms with Crippen molar-refractivity contribution in [3.05, 3.63) is 59.9 Å². The summed E-state index contributed by atoms with van der Waals surface area (Å²) in [5.74, 6) is 0.937. The lowest BCUT2D eigenvalue weighted by Crippen LogP contribution is -2.01. The van der Waals surface area contributed by atoms with Crippen LogP contribution >= 0.6 is 0 Å². The highest BCUT2D eigenvalue weighted by molar-refractivity contribution is 5.87. The van der Waals surface area contributed by atoms with Crippen LogP contribution in [0.25, 0.3) is 6.08 Å². The van der Waals surface area contributed by atoms with Gasteiger partial charge in [0.15, 0.2) is 11.5 Å². The summed E-state index contributed by atoms with van der Waals surface area (Å²) in [6.45, 7) is 5.14. The molecule has 5 nitrogen and oxygen atoms in total. The van der Waals surface area contributed by atoms with Crippen molar-refractivity contribution in [2.45, 2.75) is 20.5 Å². The summed E-state index contributed by atoms with van der Waals surface area (Å²) in [5.41, 5.74) is 1.68. The summed E-state index contributed by atoms with van der Waals surface area (Å²) < 4.78 is 16.2. The molecule has 0 atom stereocenters. The van der Waals surface area contributed by atoms with Crippen molar-refractivity contribution in [1.29, 1.82) is 0 Å². The molecule has 2 rings (SSSR count). The third kappa shape index (κ3) is 5.43. The Morgan fingerprint density at radius 2 is 1.92 bits per heavy atom. The second kappa shape index (κ2) is 9.35. The van der Waals surface area contributed by atoms with Gasteiger partial charge in [0.1, 0.15) is 6.61 Å². The Labute approximate surface area is 141 Å². The van der Waals surface area contributed by atoms with E-state index in [1.807, 2.05) is 38.1 Å². The van der Waals surface area contributed by atoms with Crippen LogP contribution < -0.4 is 9.47 Å². The van der Waals surface area contributed by atoms with Crippen LogP contribution in [0, 0.1) is 0 Å². The first kappa shape index (κ1) is 17.5. The molecule has 0 saturated carbocycles. The fourth-order valence-electron chi connectivity index (χ4n) is 2.02. The highest BCUT2D eigenvalue weighted by Gasteiger charge is 2.05. The Hall–Kier alpha value is -2.82. The van der Waals surface area contributed by atoms with E-state index in [0.29, 0.717) is 24.7 Å². The molecule has 0 N–H and O–H groups in total. The molecule has 0 aliphatic heterocycles. The quantitative estimate of drug-likeness (QED) is 0.547. The molecule has 0 aliphatic carbocycles. The van der Waals surface area contributed by atoms with Gasteiger partial charge in [-0.05, 0) is 43.7 Å². The van der Waals surface area contributed by atoms with E-state index in [0.717, 1.165) is 11.1 Å². The number of carbonyl (C=O) groups excluding carboxylic acids is 1. The fourth-order valence-corrected chi connectivity index (χ4v) is 2.02. The van der Waals surface area contributed by atoms with E-state index in [1.54, 1.807) is 24.5 Å². The zero-order chi connectivity index (χ0) is 17.2. The molecule has 0 fully saturated rings. The van der Waals surface area contributed by atoms with Crippen molar-refractivity contribution >= 4 is 12.0 Å². The zero-order valence-corrected chi connectivity index (χ0v) is 13.9. The number of rotatable bonds is 8. The van der Waals surface area contributed by atoms with Gasteiger partial charge in [0.25, 0.3) is 0 Å². The van der Waals surface area contributed by atoms with Gasteiger partial charge in [0.2, 0.25) is 0 Å². The minimum Gasteiger partial charge on any atom is -0.490 e. The smallest absolute Gasteiger partial charge is 0.331 e. The minimum absolute atomic E-state index is 0.199. The Morgan fingerprint density at radius 1 is 1.12 bits per heavy atom. The molecule has 126 valence electrons. The Balaban J connectivity index is 1.97. The molecular formula is C19H21NO4. The summed E-state index contributed by atoms with van der Waals surface area (Å²) in [4.78, 5) is 15.8. The van der Waals surface area contributed by atoms with E-state index in [-0.39, 0.29) is 6.61 Å². The molecule has 0 aliphatic rings. The van der Waals surface area contributed by atoms with Crippen molar-refractivity contribution in [3.63, 3.8) is 0 Å². The standard InChI is InChI=1S/C19H21NO4/c1-3-22-17-9-7-15(12-18(17)23-4-2)8-10-19(21)24-14-16-6-5-11-20-13-16/h5-13H,3-4,14H2,1-2H3/b10-8+. The maximum atomic E-state index is 11.8. The number of hydrogen-bond donors (Lipinski definition) is 0. The van der Waals surface area contributed by atoms with Gasteiger partial charge in [-0.3, -0.25) is 4.98 Å². The van der Waals surface area contributed by atoms with Crippen LogP contribution in [0.3, 0.4) is 0 Å². The SMILES string of the molecule is CCOc1ccc(/C=C/C(=O)OCc2cccnc2)cc1OCC. The van der Waals surface area contributed by atoms with Crippen LogP contribution in [0.1, 0.15) is 25.0 Å². The van der Waals surface area contributed by atoms with Gasteiger partial charge in [0, 0.05) is 24.0 Å². The van der Waals surface area contributed by atoms with E-state index in [9.17, 15) is 4.79 Å². The van der Waals surface area contributed by atoms with Gasteiger partial charge in [-0.2, -0.15) is 0 Å². The van der Waals surface area contributed by atoms with Gasteiger partial charge >= 0.3 is 5.97 Å². The molecule has 1 aromatic heterocycles. The van der Waals surface area contributed by atoms with Crippen LogP contribution in [-0.4, -0.2) is 24.2 Å². The molecule has 0 radical (unpaired) electrons. The van der Waals surface area contributed by atoms with Gasteiger partial charge < -0.3 is 14.2 Å². The largest absolute Gasteiger partial charge is 0.490 e. The number of nitrogens with zero attached hydrogens (tertiary/aromatic N) is 1. The van der Waals surface area contributed by atoms with E-state index in [1.165, 1.54) is 6.08 Å². The summed E-state index contributed by atoms with van der Waals surface area (Å²) in [5, 5.41) is 0. The predicted molar refractivity (Wildman–Crippen MR) is 91.8 cm³/mol. The molecule has 0 spiro atoms.